The van der Waals surface area contributed by atoms with E-state index in [4.69, 9.17) is 0 Å². The summed E-state index contributed by atoms with van der Waals surface area (Å²) in [5.74, 6) is 0.394. The van der Waals surface area contributed by atoms with Crippen LogP contribution >= 0.6 is 0 Å². The van der Waals surface area contributed by atoms with E-state index in [1.165, 1.54) is 12.1 Å². The van der Waals surface area contributed by atoms with Crippen LogP contribution in [0.25, 0.3) is 0 Å². The zero-order valence-electron chi connectivity index (χ0n) is 11.1. The number of benzene rings is 1. The van der Waals surface area contributed by atoms with Gasteiger partial charge in [0.25, 0.3) is 5.69 Å². The van der Waals surface area contributed by atoms with Gasteiger partial charge in [-0.05, 0) is 31.7 Å². The fourth-order valence-electron chi connectivity index (χ4n) is 1.81. The van der Waals surface area contributed by atoms with Gasteiger partial charge < -0.3 is 5.32 Å². The van der Waals surface area contributed by atoms with Gasteiger partial charge in [0.2, 0.25) is 10.0 Å². The predicted molar refractivity (Wildman–Crippen MR) is 75.2 cm³/mol. The monoisotopic (exact) mass is 299 g/mol. The fourth-order valence-corrected chi connectivity index (χ4v) is 3.13. The van der Waals surface area contributed by atoms with Crippen molar-refractivity contribution >= 4 is 21.4 Å². The van der Waals surface area contributed by atoms with E-state index in [0.717, 1.165) is 18.9 Å². The molecule has 0 aromatic heterocycles. The lowest BCUT2D eigenvalue weighted by molar-refractivity contribution is -0.385. The summed E-state index contributed by atoms with van der Waals surface area (Å²) in [7, 11) is -3.74. The van der Waals surface area contributed by atoms with Gasteiger partial charge in [-0.3, -0.25) is 10.1 Å². The molecule has 0 amide bonds. The SMILES string of the molecule is CCNc1ccc([N+](=O)[O-])cc1S(=O)(=O)NCC1CC1. The molecule has 0 heterocycles. The first kappa shape index (κ1) is 14.7. The van der Waals surface area contributed by atoms with Crippen LogP contribution in [0.4, 0.5) is 11.4 Å². The smallest absolute Gasteiger partial charge is 0.270 e. The Morgan fingerprint density at radius 3 is 2.65 bits per heavy atom. The Hall–Kier alpha value is -1.67. The number of nitro benzene ring substituents is 1. The number of hydrogen-bond acceptors (Lipinski definition) is 5. The highest BCUT2D eigenvalue weighted by Gasteiger charge is 2.26. The molecule has 0 bridgehead atoms. The third kappa shape index (κ3) is 3.45. The molecule has 0 spiro atoms. The van der Waals surface area contributed by atoms with Gasteiger partial charge in [0.05, 0.1) is 10.6 Å². The molecule has 1 aromatic carbocycles. The standard InChI is InChI=1S/C12H17N3O4S/c1-2-13-11-6-5-10(15(16)17)7-12(11)20(18,19)14-8-9-3-4-9/h5-7,9,13-14H,2-4,8H2,1H3. The van der Waals surface area contributed by atoms with Gasteiger partial charge in [0.15, 0.2) is 0 Å². The molecular formula is C12H17N3O4S. The van der Waals surface area contributed by atoms with E-state index in [9.17, 15) is 18.5 Å². The Labute approximate surface area is 117 Å². The van der Waals surface area contributed by atoms with Crippen molar-refractivity contribution in [1.29, 1.82) is 0 Å². The van der Waals surface area contributed by atoms with Gasteiger partial charge in [0.1, 0.15) is 4.90 Å². The first-order chi connectivity index (χ1) is 9.44. The predicted octanol–water partition coefficient (Wildman–Crippen LogP) is 1.71. The lowest BCUT2D eigenvalue weighted by Gasteiger charge is -2.12. The summed E-state index contributed by atoms with van der Waals surface area (Å²) in [6.45, 7) is 2.75. The highest BCUT2D eigenvalue weighted by molar-refractivity contribution is 7.89. The van der Waals surface area contributed by atoms with Gasteiger partial charge in [-0.25, -0.2) is 13.1 Å². The van der Waals surface area contributed by atoms with E-state index in [-0.39, 0.29) is 10.6 Å². The van der Waals surface area contributed by atoms with Gasteiger partial charge >= 0.3 is 0 Å². The maximum atomic E-state index is 12.3. The highest BCUT2D eigenvalue weighted by Crippen LogP contribution is 2.30. The average Bonchev–Trinajstić information content (AvgIpc) is 3.21. The molecule has 1 saturated carbocycles. The summed E-state index contributed by atoms with van der Waals surface area (Å²) in [6, 6.07) is 3.80. The molecule has 2 N–H and O–H groups in total. The van der Waals surface area contributed by atoms with E-state index in [2.05, 4.69) is 10.0 Å². The van der Waals surface area contributed by atoms with Crippen molar-refractivity contribution in [3.05, 3.63) is 28.3 Å². The van der Waals surface area contributed by atoms with E-state index >= 15 is 0 Å². The fraction of sp³-hybridized carbons (Fsp3) is 0.500. The van der Waals surface area contributed by atoms with Crippen LogP contribution in [0, 0.1) is 16.0 Å². The summed E-state index contributed by atoms with van der Waals surface area (Å²) in [4.78, 5) is 10.1. The van der Waals surface area contributed by atoms with E-state index in [1.54, 1.807) is 0 Å². The van der Waals surface area contributed by atoms with Gasteiger partial charge in [0, 0.05) is 25.2 Å². The molecule has 8 heteroatoms. The molecule has 1 aromatic rings. The maximum Gasteiger partial charge on any atom is 0.270 e. The Morgan fingerprint density at radius 2 is 2.10 bits per heavy atom. The molecule has 0 atom stereocenters. The van der Waals surface area contributed by atoms with Crippen LogP contribution in [0.1, 0.15) is 19.8 Å². The third-order valence-corrected chi connectivity index (χ3v) is 4.56. The second-order valence-electron chi connectivity index (χ2n) is 4.76. The Morgan fingerprint density at radius 1 is 1.40 bits per heavy atom. The second kappa shape index (κ2) is 5.76. The molecule has 0 saturated heterocycles. The molecule has 0 unspecified atom stereocenters. The zero-order chi connectivity index (χ0) is 14.8. The summed E-state index contributed by atoms with van der Waals surface area (Å²) in [5, 5.41) is 13.7. The van der Waals surface area contributed by atoms with E-state index in [1.807, 2.05) is 6.92 Å². The number of rotatable bonds is 7. The van der Waals surface area contributed by atoms with Crippen LogP contribution in [-0.4, -0.2) is 26.4 Å². The number of nitro groups is 1. The number of non-ortho nitro benzene ring substituents is 1. The van der Waals surface area contributed by atoms with Crippen molar-refractivity contribution < 1.29 is 13.3 Å². The van der Waals surface area contributed by atoms with E-state index in [0.29, 0.717) is 24.7 Å². The molecule has 0 radical (unpaired) electrons. The minimum Gasteiger partial charge on any atom is -0.384 e. The average molecular weight is 299 g/mol. The summed E-state index contributed by atoms with van der Waals surface area (Å²) >= 11 is 0. The van der Waals surface area contributed by atoms with Crippen LogP contribution in [0.2, 0.25) is 0 Å². The molecule has 0 aliphatic heterocycles. The first-order valence-corrected chi connectivity index (χ1v) is 7.94. The summed E-state index contributed by atoms with van der Waals surface area (Å²) < 4.78 is 27.0. The molecule has 1 fully saturated rings. The largest absolute Gasteiger partial charge is 0.384 e. The van der Waals surface area contributed by atoms with Gasteiger partial charge in [-0.2, -0.15) is 0 Å². The van der Waals surface area contributed by atoms with Crippen LogP contribution in [0.5, 0.6) is 0 Å². The van der Waals surface area contributed by atoms with Crippen LogP contribution in [-0.2, 0) is 10.0 Å². The quantitative estimate of drug-likeness (QED) is 0.589. The van der Waals surface area contributed by atoms with E-state index < -0.39 is 14.9 Å². The minimum absolute atomic E-state index is 0.0748. The Balaban J connectivity index is 2.33. The zero-order valence-corrected chi connectivity index (χ0v) is 11.9. The second-order valence-corrected chi connectivity index (χ2v) is 6.50. The van der Waals surface area contributed by atoms with Crippen molar-refractivity contribution in [2.24, 2.45) is 5.92 Å². The molecule has 20 heavy (non-hydrogen) atoms. The van der Waals surface area contributed by atoms with Crippen molar-refractivity contribution in [1.82, 2.24) is 4.72 Å². The van der Waals surface area contributed by atoms with Crippen molar-refractivity contribution in [3.8, 4) is 0 Å². The van der Waals surface area contributed by atoms with Crippen molar-refractivity contribution in [2.45, 2.75) is 24.7 Å². The molecular weight excluding hydrogens is 282 g/mol. The summed E-state index contributed by atoms with van der Waals surface area (Å²) in [6.07, 6.45) is 2.05. The first-order valence-electron chi connectivity index (χ1n) is 6.46. The van der Waals surface area contributed by atoms with Crippen molar-refractivity contribution in [2.75, 3.05) is 18.4 Å². The molecule has 2 rings (SSSR count). The Bertz CT molecular complexity index is 611. The minimum atomic E-state index is -3.74. The lowest BCUT2D eigenvalue weighted by atomic mass is 10.3. The number of nitrogens with one attached hydrogen (secondary N) is 2. The normalized spacial score (nSPS) is 15.1. The van der Waals surface area contributed by atoms with Crippen LogP contribution < -0.4 is 10.0 Å². The van der Waals surface area contributed by atoms with Gasteiger partial charge in [-0.15, -0.1) is 0 Å². The van der Waals surface area contributed by atoms with Crippen LogP contribution in [0.15, 0.2) is 23.1 Å². The van der Waals surface area contributed by atoms with Crippen LogP contribution in [0.3, 0.4) is 0 Å². The third-order valence-electron chi connectivity index (χ3n) is 3.09. The molecule has 1 aliphatic rings. The molecule has 110 valence electrons. The van der Waals surface area contributed by atoms with Crippen molar-refractivity contribution in [3.63, 3.8) is 0 Å². The Kier molecular flexibility index (Phi) is 4.24. The lowest BCUT2D eigenvalue weighted by Crippen LogP contribution is -2.26. The molecule has 7 nitrogen and oxygen atoms in total. The number of anilines is 1. The maximum absolute atomic E-state index is 12.3. The number of sulfonamides is 1. The number of hydrogen-bond donors (Lipinski definition) is 2. The number of nitrogens with zero attached hydrogens (tertiary/aromatic N) is 1. The summed E-state index contributed by atoms with van der Waals surface area (Å²) in [5.41, 5.74) is 0.139. The van der Waals surface area contributed by atoms with Gasteiger partial charge in [-0.1, -0.05) is 0 Å². The highest BCUT2D eigenvalue weighted by atomic mass is 32.2. The topological polar surface area (TPSA) is 101 Å². The molecule has 1 aliphatic carbocycles.